The van der Waals surface area contributed by atoms with Crippen LogP contribution in [0.4, 0.5) is 5.69 Å². The van der Waals surface area contributed by atoms with E-state index in [4.69, 9.17) is 9.47 Å². The van der Waals surface area contributed by atoms with E-state index in [-0.39, 0.29) is 10.5 Å². The lowest BCUT2D eigenvalue weighted by atomic mass is 10.2. The van der Waals surface area contributed by atoms with Gasteiger partial charge in [0.2, 0.25) is 0 Å². The first-order valence-corrected chi connectivity index (χ1v) is 11.3. The van der Waals surface area contributed by atoms with E-state index in [1.54, 1.807) is 42.5 Å². The quantitative estimate of drug-likeness (QED) is 0.329. The highest BCUT2D eigenvalue weighted by molar-refractivity contribution is 7.92. The van der Waals surface area contributed by atoms with Crippen molar-refractivity contribution in [1.82, 2.24) is 10.9 Å². The lowest BCUT2D eigenvalue weighted by Gasteiger charge is -2.10. The fourth-order valence-corrected chi connectivity index (χ4v) is 3.81. The highest BCUT2D eigenvalue weighted by atomic mass is 32.2. The van der Waals surface area contributed by atoms with Gasteiger partial charge in [0, 0.05) is 11.3 Å². The van der Waals surface area contributed by atoms with Crippen molar-refractivity contribution in [3.05, 3.63) is 90.0 Å². The average Bonchev–Trinajstić information content (AvgIpc) is 2.86. The Kier molecular flexibility index (Phi) is 7.83. The molecule has 10 nitrogen and oxygen atoms in total. The second-order valence-corrected chi connectivity index (χ2v) is 8.49. The van der Waals surface area contributed by atoms with Crippen molar-refractivity contribution in [3.8, 4) is 5.75 Å². The van der Waals surface area contributed by atoms with E-state index < -0.39 is 34.4 Å². The zero-order valence-electron chi connectivity index (χ0n) is 18.0. The molecule has 0 bridgehead atoms. The van der Waals surface area contributed by atoms with E-state index in [0.717, 1.165) is 6.07 Å². The first kappa shape index (κ1) is 24.3. The molecule has 0 aliphatic rings. The fourth-order valence-electron chi connectivity index (χ4n) is 2.70. The number of rotatable bonds is 8. The predicted octanol–water partition coefficient (Wildman–Crippen LogP) is 2.11. The van der Waals surface area contributed by atoms with Gasteiger partial charge in [0.1, 0.15) is 5.75 Å². The summed E-state index contributed by atoms with van der Waals surface area (Å²) in [6.45, 7) is -0.686. The van der Waals surface area contributed by atoms with Gasteiger partial charge in [-0.2, -0.15) is 0 Å². The Hall–Kier alpha value is -4.38. The van der Waals surface area contributed by atoms with Gasteiger partial charge in [0.25, 0.3) is 21.8 Å². The molecule has 0 aliphatic heterocycles. The number of carbonyl (C=O) groups is 3. The normalized spacial score (nSPS) is 10.6. The van der Waals surface area contributed by atoms with Gasteiger partial charge in [-0.1, -0.05) is 24.3 Å². The van der Waals surface area contributed by atoms with Crippen LogP contribution < -0.4 is 20.3 Å². The summed E-state index contributed by atoms with van der Waals surface area (Å²) >= 11 is 0. The number of anilines is 1. The molecule has 3 rings (SSSR count). The molecule has 34 heavy (non-hydrogen) atoms. The molecule has 11 heteroatoms. The number of hydrazine groups is 1. The lowest BCUT2D eigenvalue weighted by Crippen LogP contribution is -2.43. The first-order chi connectivity index (χ1) is 16.3. The van der Waals surface area contributed by atoms with Crippen LogP contribution in [-0.4, -0.2) is 39.9 Å². The summed E-state index contributed by atoms with van der Waals surface area (Å²) in [4.78, 5) is 35.9. The molecule has 0 atom stereocenters. The summed E-state index contributed by atoms with van der Waals surface area (Å²) in [7, 11) is -2.50. The minimum atomic E-state index is -3.99. The van der Waals surface area contributed by atoms with Gasteiger partial charge < -0.3 is 9.47 Å². The van der Waals surface area contributed by atoms with Crippen molar-refractivity contribution in [2.45, 2.75) is 4.90 Å². The molecule has 0 saturated carbocycles. The number of methoxy groups -OCH3 is 1. The van der Waals surface area contributed by atoms with Crippen LogP contribution in [0.25, 0.3) is 0 Å². The first-order valence-electron chi connectivity index (χ1n) is 9.87. The summed E-state index contributed by atoms with van der Waals surface area (Å²) in [5.41, 5.74) is 4.90. The number of amides is 2. The predicted molar refractivity (Wildman–Crippen MR) is 123 cm³/mol. The minimum Gasteiger partial charge on any atom is -0.497 e. The van der Waals surface area contributed by atoms with Crippen LogP contribution in [0, 0.1) is 0 Å². The van der Waals surface area contributed by atoms with E-state index in [9.17, 15) is 22.8 Å². The van der Waals surface area contributed by atoms with Gasteiger partial charge in [-0.05, 0) is 54.6 Å². The number of sulfonamides is 1. The highest BCUT2D eigenvalue weighted by Crippen LogP contribution is 2.20. The zero-order chi connectivity index (χ0) is 24.6. The van der Waals surface area contributed by atoms with E-state index in [0.29, 0.717) is 17.0 Å². The minimum absolute atomic E-state index is 0.0706. The number of ether oxygens (including phenoxy) is 2. The molecule has 0 heterocycles. The molecule has 3 aromatic rings. The van der Waals surface area contributed by atoms with Gasteiger partial charge in [-0.15, -0.1) is 0 Å². The Labute approximate surface area is 195 Å². The standard InChI is InChI=1S/C23H21N3O7S/c1-32-19-12-10-18(11-13-19)26-34(30,31)20-9-5-8-17(14-20)23(29)33-15-21(27)24-25-22(28)16-6-3-2-4-7-16/h2-14,26H,15H2,1H3,(H,24,27)(H,25,28). The molecule has 0 fully saturated rings. The maximum Gasteiger partial charge on any atom is 0.338 e. The fraction of sp³-hybridized carbons (Fsp3) is 0.0870. The summed E-state index contributed by atoms with van der Waals surface area (Å²) in [5, 5.41) is 0. The van der Waals surface area contributed by atoms with Gasteiger partial charge >= 0.3 is 5.97 Å². The van der Waals surface area contributed by atoms with E-state index in [1.165, 1.54) is 37.4 Å². The molecular formula is C23H21N3O7S. The van der Waals surface area contributed by atoms with Crippen LogP contribution >= 0.6 is 0 Å². The molecule has 0 aliphatic carbocycles. The summed E-state index contributed by atoms with van der Waals surface area (Å²) in [6.07, 6.45) is 0. The van der Waals surface area contributed by atoms with Crippen LogP contribution in [0.1, 0.15) is 20.7 Å². The van der Waals surface area contributed by atoms with Crippen molar-refractivity contribution in [2.24, 2.45) is 0 Å². The maximum absolute atomic E-state index is 12.7. The molecule has 3 aromatic carbocycles. The van der Waals surface area contributed by atoms with Gasteiger partial charge in [0.15, 0.2) is 6.61 Å². The van der Waals surface area contributed by atoms with Crippen molar-refractivity contribution in [3.63, 3.8) is 0 Å². The van der Waals surface area contributed by atoms with Crippen molar-refractivity contribution < 1.29 is 32.3 Å². The third-order valence-electron chi connectivity index (χ3n) is 4.41. The smallest absolute Gasteiger partial charge is 0.338 e. The third-order valence-corrected chi connectivity index (χ3v) is 5.79. The van der Waals surface area contributed by atoms with Crippen LogP contribution in [0.3, 0.4) is 0 Å². The second-order valence-electron chi connectivity index (χ2n) is 6.81. The number of nitrogens with one attached hydrogen (secondary N) is 3. The number of benzene rings is 3. The molecule has 0 radical (unpaired) electrons. The second kappa shape index (κ2) is 11.0. The largest absolute Gasteiger partial charge is 0.497 e. The summed E-state index contributed by atoms with van der Waals surface area (Å²) < 4.78 is 37.7. The number of esters is 1. The van der Waals surface area contributed by atoms with E-state index in [2.05, 4.69) is 15.6 Å². The van der Waals surface area contributed by atoms with Crippen molar-refractivity contribution in [2.75, 3.05) is 18.4 Å². The Morgan fingerprint density at radius 1 is 0.824 bits per heavy atom. The Bertz CT molecular complexity index is 1280. The van der Waals surface area contributed by atoms with Gasteiger partial charge in [-0.3, -0.25) is 25.2 Å². The zero-order valence-corrected chi connectivity index (χ0v) is 18.8. The number of hydrogen-bond donors (Lipinski definition) is 3. The van der Waals surface area contributed by atoms with Crippen LogP contribution in [0.2, 0.25) is 0 Å². The van der Waals surface area contributed by atoms with Crippen LogP contribution in [0.15, 0.2) is 83.8 Å². The van der Waals surface area contributed by atoms with Crippen LogP contribution in [0.5, 0.6) is 5.75 Å². The monoisotopic (exact) mass is 483 g/mol. The topological polar surface area (TPSA) is 140 Å². The van der Waals surface area contributed by atoms with Crippen LogP contribution in [-0.2, 0) is 19.6 Å². The van der Waals surface area contributed by atoms with Gasteiger partial charge in [-0.25, -0.2) is 13.2 Å². The van der Waals surface area contributed by atoms with E-state index in [1.807, 2.05) is 0 Å². The summed E-state index contributed by atoms with van der Waals surface area (Å²) in [5.74, 6) is -1.66. The Balaban J connectivity index is 1.56. The highest BCUT2D eigenvalue weighted by Gasteiger charge is 2.18. The lowest BCUT2D eigenvalue weighted by molar-refractivity contribution is -0.125. The molecule has 3 N–H and O–H groups in total. The molecule has 0 spiro atoms. The number of carbonyl (C=O) groups excluding carboxylic acids is 3. The molecule has 2 amide bonds. The summed E-state index contributed by atoms with van der Waals surface area (Å²) in [6, 6.07) is 19.6. The Morgan fingerprint density at radius 3 is 2.18 bits per heavy atom. The van der Waals surface area contributed by atoms with Crippen molar-refractivity contribution >= 4 is 33.5 Å². The van der Waals surface area contributed by atoms with E-state index >= 15 is 0 Å². The Morgan fingerprint density at radius 2 is 1.50 bits per heavy atom. The molecule has 0 unspecified atom stereocenters. The third kappa shape index (κ3) is 6.56. The molecular weight excluding hydrogens is 462 g/mol. The van der Waals surface area contributed by atoms with Crippen molar-refractivity contribution in [1.29, 1.82) is 0 Å². The average molecular weight is 484 g/mol. The maximum atomic E-state index is 12.7. The molecule has 176 valence electrons. The van der Waals surface area contributed by atoms with Gasteiger partial charge in [0.05, 0.1) is 17.6 Å². The molecule has 0 saturated heterocycles. The molecule has 0 aromatic heterocycles. The number of hydrogen-bond acceptors (Lipinski definition) is 7. The SMILES string of the molecule is COc1ccc(NS(=O)(=O)c2cccc(C(=O)OCC(=O)NNC(=O)c3ccccc3)c2)cc1.